The van der Waals surface area contributed by atoms with E-state index in [0.29, 0.717) is 4.83 Å². The molecule has 0 saturated carbocycles. The highest BCUT2D eigenvalue weighted by molar-refractivity contribution is 9.09. The molecular formula is C14H15BrS. The lowest BCUT2D eigenvalue weighted by molar-refractivity contribution is 1.16. The summed E-state index contributed by atoms with van der Waals surface area (Å²) in [6.07, 6.45) is 0. The molecule has 0 bridgehead atoms. The summed E-state index contributed by atoms with van der Waals surface area (Å²) in [6, 6.07) is 11.0. The molecule has 0 nitrogen and oxygen atoms in total. The van der Waals surface area contributed by atoms with Gasteiger partial charge in [0.1, 0.15) is 0 Å². The van der Waals surface area contributed by atoms with E-state index in [0.717, 1.165) is 0 Å². The molecule has 2 rings (SSSR count). The van der Waals surface area contributed by atoms with Crippen LogP contribution in [-0.2, 0) is 0 Å². The molecule has 0 aliphatic carbocycles. The standard InChI is InChI=1S/C14H15BrS/c1-9-5-4-6-12(7-9)14(15)13-8-10(2)16-11(13)3/h4-8,14H,1-3H3. The number of hydrogen-bond donors (Lipinski definition) is 0. The second kappa shape index (κ2) is 4.72. The van der Waals surface area contributed by atoms with Crippen molar-refractivity contribution in [3.05, 3.63) is 56.8 Å². The maximum absolute atomic E-state index is 3.80. The number of alkyl halides is 1. The lowest BCUT2D eigenvalue weighted by Crippen LogP contribution is -1.92. The summed E-state index contributed by atoms with van der Waals surface area (Å²) in [6.45, 7) is 6.49. The molecule has 1 heterocycles. The largest absolute Gasteiger partial charge is 0.146 e. The third-order valence-corrected chi connectivity index (χ3v) is 4.69. The number of hydrogen-bond acceptors (Lipinski definition) is 1. The van der Waals surface area contributed by atoms with Gasteiger partial charge in [0.25, 0.3) is 0 Å². The van der Waals surface area contributed by atoms with E-state index in [9.17, 15) is 0 Å². The van der Waals surface area contributed by atoms with Gasteiger partial charge in [-0.05, 0) is 38.0 Å². The first-order chi connectivity index (χ1) is 7.58. The third-order valence-electron chi connectivity index (χ3n) is 2.69. The van der Waals surface area contributed by atoms with Gasteiger partial charge < -0.3 is 0 Å². The van der Waals surface area contributed by atoms with Crippen LogP contribution in [0.4, 0.5) is 0 Å². The van der Waals surface area contributed by atoms with Crippen molar-refractivity contribution in [1.82, 2.24) is 0 Å². The number of halogens is 1. The van der Waals surface area contributed by atoms with Crippen LogP contribution in [0.15, 0.2) is 30.3 Å². The number of aryl methyl sites for hydroxylation is 3. The Morgan fingerprint density at radius 2 is 1.88 bits per heavy atom. The molecule has 0 spiro atoms. The summed E-state index contributed by atoms with van der Waals surface area (Å²) >= 11 is 5.67. The maximum Gasteiger partial charge on any atom is 0.0655 e. The van der Waals surface area contributed by atoms with E-state index >= 15 is 0 Å². The smallest absolute Gasteiger partial charge is 0.0655 e. The van der Waals surface area contributed by atoms with Gasteiger partial charge in [-0.1, -0.05) is 45.8 Å². The summed E-state index contributed by atoms with van der Waals surface area (Å²) in [4.78, 5) is 3.10. The van der Waals surface area contributed by atoms with Crippen molar-refractivity contribution in [2.24, 2.45) is 0 Å². The van der Waals surface area contributed by atoms with E-state index in [1.807, 2.05) is 11.3 Å². The molecular weight excluding hydrogens is 280 g/mol. The van der Waals surface area contributed by atoms with E-state index in [1.54, 1.807) is 0 Å². The van der Waals surface area contributed by atoms with E-state index in [4.69, 9.17) is 0 Å². The number of benzene rings is 1. The second-order valence-electron chi connectivity index (χ2n) is 4.15. The van der Waals surface area contributed by atoms with Crippen LogP contribution >= 0.6 is 27.3 Å². The minimum Gasteiger partial charge on any atom is -0.146 e. The lowest BCUT2D eigenvalue weighted by atomic mass is 10.0. The topological polar surface area (TPSA) is 0 Å². The van der Waals surface area contributed by atoms with Crippen LogP contribution in [0.5, 0.6) is 0 Å². The molecule has 0 saturated heterocycles. The highest BCUT2D eigenvalue weighted by Crippen LogP contribution is 2.36. The first kappa shape index (κ1) is 11.9. The molecule has 1 unspecified atom stereocenters. The fourth-order valence-corrected chi connectivity index (χ4v) is 3.78. The molecule has 0 N–H and O–H groups in total. The van der Waals surface area contributed by atoms with E-state index in [-0.39, 0.29) is 0 Å². The number of rotatable bonds is 2. The minimum atomic E-state index is 0.317. The summed E-state index contributed by atoms with van der Waals surface area (Å²) in [5.41, 5.74) is 4.04. The van der Waals surface area contributed by atoms with Crippen LogP contribution in [-0.4, -0.2) is 0 Å². The molecule has 2 heteroatoms. The van der Waals surface area contributed by atoms with E-state index in [1.165, 1.54) is 26.4 Å². The zero-order chi connectivity index (χ0) is 11.7. The Morgan fingerprint density at radius 1 is 1.12 bits per heavy atom. The highest BCUT2D eigenvalue weighted by atomic mass is 79.9. The minimum absolute atomic E-state index is 0.317. The maximum atomic E-state index is 3.80. The Bertz CT molecular complexity index is 499. The fraction of sp³-hybridized carbons (Fsp3) is 0.286. The zero-order valence-electron chi connectivity index (χ0n) is 9.75. The van der Waals surface area contributed by atoms with Crippen molar-refractivity contribution >= 4 is 27.3 Å². The molecule has 1 aromatic heterocycles. The molecule has 16 heavy (non-hydrogen) atoms. The van der Waals surface area contributed by atoms with Crippen LogP contribution in [0, 0.1) is 20.8 Å². The van der Waals surface area contributed by atoms with Gasteiger partial charge in [0.15, 0.2) is 0 Å². The molecule has 0 amide bonds. The van der Waals surface area contributed by atoms with Crippen molar-refractivity contribution in [3.8, 4) is 0 Å². The third kappa shape index (κ3) is 2.38. The van der Waals surface area contributed by atoms with Gasteiger partial charge in [0.05, 0.1) is 4.83 Å². The monoisotopic (exact) mass is 294 g/mol. The molecule has 1 atom stereocenters. The first-order valence-corrected chi connectivity index (χ1v) is 7.08. The fourth-order valence-electron chi connectivity index (χ4n) is 1.91. The molecule has 84 valence electrons. The average Bonchev–Trinajstić information content (AvgIpc) is 2.57. The molecule has 0 aliphatic heterocycles. The predicted molar refractivity (Wildman–Crippen MR) is 75.7 cm³/mol. The summed E-state index contributed by atoms with van der Waals surface area (Å²) in [5, 5.41) is 0. The summed E-state index contributed by atoms with van der Waals surface area (Å²) in [7, 11) is 0. The van der Waals surface area contributed by atoms with Crippen molar-refractivity contribution in [3.63, 3.8) is 0 Å². The molecule has 0 radical (unpaired) electrons. The average molecular weight is 295 g/mol. The van der Waals surface area contributed by atoms with E-state index < -0.39 is 0 Å². The van der Waals surface area contributed by atoms with Gasteiger partial charge in [-0.25, -0.2) is 0 Å². The van der Waals surface area contributed by atoms with Gasteiger partial charge in [-0.3, -0.25) is 0 Å². The molecule has 1 aromatic carbocycles. The van der Waals surface area contributed by atoms with Gasteiger partial charge in [-0.15, -0.1) is 11.3 Å². The van der Waals surface area contributed by atoms with Crippen molar-refractivity contribution in [2.75, 3.05) is 0 Å². The Balaban J connectivity index is 2.38. The quantitative estimate of drug-likeness (QED) is 0.671. The number of thiophene rings is 1. The predicted octanol–water partition coefficient (Wildman–Crippen LogP) is 5.16. The van der Waals surface area contributed by atoms with Crippen molar-refractivity contribution < 1.29 is 0 Å². The normalized spacial score (nSPS) is 12.8. The van der Waals surface area contributed by atoms with Crippen LogP contribution in [0.3, 0.4) is 0 Å². The molecule has 2 aromatic rings. The van der Waals surface area contributed by atoms with Gasteiger partial charge >= 0.3 is 0 Å². The van der Waals surface area contributed by atoms with Gasteiger partial charge in [0, 0.05) is 9.75 Å². The first-order valence-electron chi connectivity index (χ1n) is 5.35. The summed E-state index contributed by atoms with van der Waals surface area (Å²) < 4.78 is 0. The Hall–Kier alpha value is -0.600. The lowest BCUT2D eigenvalue weighted by Gasteiger charge is -2.10. The van der Waals surface area contributed by atoms with Gasteiger partial charge in [0.2, 0.25) is 0 Å². The van der Waals surface area contributed by atoms with Crippen LogP contribution in [0.2, 0.25) is 0 Å². The van der Waals surface area contributed by atoms with Crippen LogP contribution in [0.1, 0.15) is 31.3 Å². The second-order valence-corrected chi connectivity index (χ2v) is 6.52. The van der Waals surface area contributed by atoms with Gasteiger partial charge in [-0.2, -0.15) is 0 Å². The molecule has 0 fully saturated rings. The summed E-state index contributed by atoms with van der Waals surface area (Å²) in [5.74, 6) is 0. The highest BCUT2D eigenvalue weighted by Gasteiger charge is 2.14. The van der Waals surface area contributed by atoms with Crippen LogP contribution in [0.25, 0.3) is 0 Å². The van der Waals surface area contributed by atoms with E-state index in [2.05, 4.69) is 67.0 Å². The van der Waals surface area contributed by atoms with Crippen LogP contribution < -0.4 is 0 Å². The Labute approximate surface area is 109 Å². The van der Waals surface area contributed by atoms with Crippen molar-refractivity contribution in [2.45, 2.75) is 25.6 Å². The SMILES string of the molecule is Cc1cccc(C(Br)c2cc(C)sc2C)c1. The molecule has 0 aliphatic rings. The zero-order valence-corrected chi connectivity index (χ0v) is 12.2. The Morgan fingerprint density at radius 3 is 2.44 bits per heavy atom. The van der Waals surface area contributed by atoms with Crippen molar-refractivity contribution in [1.29, 1.82) is 0 Å². The Kier molecular flexibility index (Phi) is 3.50.